The van der Waals surface area contributed by atoms with Gasteiger partial charge in [0.05, 0.1) is 9.50 Å². The third-order valence-corrected chi connectivity index (χ3v) is 3.91. The Balaban J connectivity index is 1.93. The van der Waals surface area contributed by atoms with Gasteiger partial charge in [-0.25, -0.2) is 4.39 Å². The number of carbonyl (C=O) groups is 2. The Hall–Kier alpha value is -1.14. The Morgan fingerprint density at radius 2 is 2.05 bits per heavy atom. The normalized spacial score (nSPS) is 15.3. The summed E-state index contributed by atoms with van der Waals surface area (Å²) in [4.78, 5) is 24.6. The van der Waals surface area contributed by atoms with Gasteiger partial charge in [0, 0.05) is 32.0 Å². The van der Waals surface area contributed by atoms with Crippen LogP contribution in [-0.4, -0.2) is 36.3 Å². The molecule has 0 aromatic heterocycles. The molecule has 108 valence electrons. The highest BCUT2D eigenvalue weighted by atomic mass is 79.9. The fraction of sp³-hybridized carbons (Fsp3) is 0.385. The lowest BCUT2D eigenvalue weighted by molar-refractivity contribution is -0.136. The standard InChI is InChI=1S/C13H12BrClFNO3/c14-9-5-10(15)11(16)6-12(9)20-7-13(19)17-3-1-8(18)2-4-17/h5-6H,1-4,7H2. The van der Waals surface area contributed by atoms with E-state index in [4.69, 9.17) is 16.3 Å². The van der Waals surface area contributed by atoms with E-state index in [1.54, 1.807) is 4.90 Å². The summed E-state index contributed by atoms with van der Waals surface area (Å²) in [5.41, 5.74) is 0. The molecule has 1 heterocycles. The van der Waals surface area contributed by atoms with Crippen molar-refractivity contribution in [3.8, 4) is 5.75 Å². The van der Waals surface area contributed by atoms with E-state index < -0.39 is 5.82 Å². The minimum Gasteiger partial charge on any atom is -0.482 e. The maximum atomic E-state index is 13.3. The number of hydrogen-bond acceptors (Lipinski definition) is 3. The zero-order valence-electron chi connectivity index (χ0n) is 10.5. The Kier molecular flexibility index (Phi) is 4.99. The van der Waals surface area contributed by atoms with Crippen molar-refractivity contribution in [2.45, 2.75) is 12.8 Å². The molecule has 0 spiro atoms. The van der Waals surface area contributed by atoms with E-state index in [9.17, 15) is 14.0 Å². The number of ether oxygens (including phenoxy) is 1. The van der Waals surface area contributed by atoms with Gasteiger partial charge in [-0.1, -0.05) is 11.6 Å². The molecule has 20 heavy (non-hydrogen) atoms. The van der Waals surface area contributed by atoms with Gasteiger partial charge in [-0.05, 0) is 22.0 Å². The maximum absolute atomic E-state index is 13.3. The first-order valence-electron chi connectivity index (χ1n) is 6.04. The highest BCUT2D eigenvalue weighted by Gasteiger charge is 2.21. The lowest BCUT2D eigenvalue weighted by Gasteiger charge is -2.26. The van der Waals surface area contributed by atoms with Crippen LogP contribution in [0.4, 0.5) is 4.39 Å². The first-order valence-corrected chi connectivity index (χ1v) is 7.21. The van der Waals surface area contributed by atoms with E-state index >= 15 is 0 Å². The van der Waals surface area contributed by atoms with Crippen LogP contribution >= 0.6 is 27.5 Å². The lowest BCUT2D eigenvalue weighted by Crippen LogP contribution is -2.41. The number of piperidine rings is 1. The van der Waals surface area contributed by atoms with E-state index in [-0.39, 0.29) is 29.1 Å². The summed E-state index contributed by atoms with van der Waals surface area (Å²) in [7, 11) is 0. The van der Waals surface area contributed by atoms with Gasteiger partial charge in [-0.15, -0.1) is 0 Å². The van der Waals surface area contributed by atoms with Crippen molar-refractivity contribution >= 4 is 39.2 Å². The molecule has 0 radical (unpaired) electrons. The fourth-order valence-electron chi connectivity index (χ4n) is 1.85. The highest BCUT2D eigenvalue weighted by Crippen LogP contribution is 2.30. The number of rotatable bonds is 3. The largest absolute Gasteiger partial charge is 0.482 e. The molecule has 1 saturated heterocycles. The Morgan fingerprint density at radius 3 is 2.70 bits per heavy atom. The average molecular weight is 365 g/mol. The van der Waals surface area contributed by atoms with Crippen LogP contribution < -0.4 is 4.74 Å². The number of likely N-dealkylation sites (tertiary alicyclic amines) is 1. The third kappa shape index (κ3) is 3.70. The summed E-state index contributed by atoms with van der Waals surface area (Å²) in [6.45, 7) is 0.627. The summed E-state index contributed by atoms with van der Waals surface area (Å²) in [5, 5.41) is -0.0231. The van der Waals surface area contributed by atoms with Gasteiger partial charge in [0.2, 0.25) is 0 Å². The van der Waals surface area contributed by atoms with Crippen molar-refractivity contribution in [3.63, 3.8) is 0 Å². The Morgan fingerprint density at radius 1 is 1.40 bits per heavy atom. The second kappa shape index (κ2) is 6.54. The van der Waals surface area contributed by atoms with Gasteiger partial charge >= 0.3 is 0 Å². The van der Waals surface area contributed by atoms with Gasteiger partial charge in [0.25, 0.3) is 5.91 Å². The maximum Gasteiger partial charge on any atom is 0.260 e. The van der Waals surface area contributed by atoms with Crippen LogP contribution in [0.2, 0.25) is 5.02 Å². The number of nitrogens with zero attached hydrogens (tertiary/aromatic N) is 1. The van der Waals surface area contributed by atoms with Gasteiger partial charge in [-0.2, -0.15) is 0 Å². The summed E-state index contributed by atoms with van der Waals surface area (Å²) >= 11 is 8.81. The second-order valence-electron chi connectivity index (χ2n) is 4.40. The number of hydrogen-bond donors (Lipinski definition) is 0. The van der Waals surface area contributed by atoms with Crippen LogP contribution in [0, 0.1) is 5.82 Å². The molecule has 0 N–H and O–H groups in total. The number of benzene rings is 1. The van der Waals surface area contributed by atoms with Crippen LogP contribution in [0.3, 0.4) is 0 Å². The molecule has 0 saturated carbocycles. The van der Waals surface area contributed by atoms with E-state index in [2.05, 4.69) is 15.9 Å². The minimum atomic E-state index is -0.610. The molecule has 7 heteroatoms. The minimum absolute atomic E-state index is 0.0231. The summed E-state index contributed by atoms with van der Waals surface area (Å²) in [6.07, 6.45) is 0.760. The highest BCUT2D eigenvalue weighted by molar-refractivity contribution is 9.10. The molecule has 2 rings (SSSR count). The summed E-state index contributed by atoms with van der Waals surface area (Å²) in [6, 6.07) is 2.50. The fourth-order valence-corrected chi connectivity index (χ4v) is 2.60. The molecule has 1 aromatic carbocycles. The van der Waals surface area contributed by atoms with Gasteiger partial charge in [-0.3, -0.25) is 9.59 Å². The van der Waals surface area contributed by atoms with Crippen molar-refractivity contribution in [3.05, 3.63) is 27.4 Å². The lowest BCUT2D eigenvalue weighted by atomic mass is 10.1. The number of ketones is 1. The first kappa shape index (κ1) is 15.3. The van der Waals surface area contributed by atoms with Crippen LogP contribution in [0.25, 0.3) is 0 Å². The third-order valence-electron chi connectivity index (χ3n) is 3.00. The van der Waals surface area contributed by atoms with E-state index in [1.165, 1.54) is 6.07 Å². The van der Waals surface area contributed by atoms with Crippen molar-refractivity contribution in [1.29, 1.82) is 0 Å². The smallest absolute Gasteiger partial charge is 0.260 e. The molecule has 4 nitrogen and oxygen atoms in total. The molecular weight excluding hydrogens is 353 g/mol. The predicted molar refractivity (Wildman–Crippen MR) is 75.4 cm³/mol. The topological polar surface area (TPSA) is 46.6 Å². The van der Waals surface area contributed by atoms with Gasteiger partial charge in [0.15, 0.2) is 6.61 Å². The van der Waals surface area contributed by atoms with E-state index in [0.29, 0.717) is 30.4 Å². The molecule has 0 bridgehead atoms. The molecular formula is C13H12BrClFNO3. The van der Waals surface area contributed by atoms with Crippen molar-refractivity contribution < 1.29 is 18.7 Å². The molecule has 1 aliphatic rings. The SMILES string of the molecule is O=C1CCN(C(=O)COc2cc(F)c(Cl)cc2Br)CC1. The van der Waals surface area contributed by atoms with Crippen LogP contribution in [0.15, 0.2) is 16.6 Å². The summed E-state index contributed by atoms with van der Waals surface area (Å²) < 4.78 is 19.1. The number of halogens is 3. The molecule has 0 unspecified atom stereocenters. The molecule has 0 aliphatic carbocycles. The van der Waals surface area contributed by atoms with Crippen molar-refractivity contribution in [2.75, 3.05) is 19.7 Å². The zero-order chi connectivity index (χ0) is 14.7. The zero-order valence-corrected chi connectivity index (χ0v) is 12.8. The quantitative estimate of drug-likeness (QED) is 0.775. The molecule has 1 aliphatic heterocycles. The Labute approximate surface area is 129 Å². The van der Waals surface area contributed by atoms with Gasteiger partial charge < -0.3 is 9.64 Å². The molecule has 1 fully saturated rings. The van der Waals surface area contributed by atoms with Crippen LogP contribution in [0.1, 0.15) is 12.8 Å². The molecule has 1 amide bonds. The number of carbonyl (C=O) groups excluding carboxylic acids is 2. The van der Waals surface area contributed by atoms with Crippen LogP contribution in [-0.2, 0) is 9.59 Å². The monoisotopic (exact) mass is 363 g/mol. The second-order valence-corrected chi connectivity index (χ2v) is 5.67. The summed E-state index contributed by atoms with van der Waals surface area (Å²) in [5.74, 6) is -0.452. The van der Waals surface area contributed by atoms with Crippen LogP contribution in [0.5, 0.6) is 5.75 Å². The van der Waals surface area contributed by atoms with Crippen molar-refractivity contribution in [2.24, 2.45) is 0 Å². The first-order chi connectivity index (χ1) is 9.47. The number of amides is 1. The van der Waals surface area contributed by atoms with Crippen molar-refractivity contribution in [1.82, 2.24) is 4.90 Å². The predicted octanol–water partition coefficient (Wildman–Crippen LogP) is 2.81. The Bertz CT molecular complexity index is 543. The molecule has 1 aromatic rings. The average Bonchev–Trinajstić information content (AvgIpc) is 2.42. The van der Waals surface area contributed by atoms with E-state index in [1.807, 2.05) is 0 Å². The molecule has 0 atom stereocenters. The van der Waals surface area contributed by atoms with Gasteiger partial charge in [0.1, 0.15) is 17.3 Å². The number of Topliss-reactive ketones (excluding diaryl/α,β-unsaturated/α-hetero) is 1. The van der Waals surface area contributed by atoms with E-state index in [0.717, 1.165) is 6.07 Å².